The van der Waals surface area contributed by atoms with Crippen molar-refractivity contribution in [2.75, 3.05) is 25.0 Å². The van der Waals surface area contributed by atoms with Crippen molar-refractivity contribution in [3.05, 3.63) is 29.0 Å². The molecule has 0 aromatic heterocycles. The first-order valence-corrected chi connectivity index (χ1v) is 6.54. The lowest BCUT2D eigenvalue weighted by atomic mass is 9.84. The molecule has 0 aliphatic carbocycles. The first kappa shape index (κ1) is 11.3. The van der Waals surface area contributed by atoms with E-state index in [1.165, 1.54) is 32.0 Å². The van der Waals surface area contributed by atoms with Crippen LogP contribution in [0.1, 0.15) is 12.8 Å². The molecule has 0 spiro atoms. The number of nitrogens with zero attached hydrogens (tertiary/aromatic N) is 1. The average Bonchev–Trinajstić information content (AvgIpc) is 2.35. The van der Waals surface area contributed by atoms with Crippen molar-refractivity contribution in [2.45, 2.75) is 18.9 Å². The van der Waals surface area contributed by atoms with E-state index in [2.05, 4.69) is 10.2 Å². The van der Waals surface area contributed by atoms with Crippen LogP contribution < -0.4 is 5.32 Å². The Balaban J connectivity index is 1.72. The summed E-state index contributed by atoms with van der Waals surface area (Å²) < 4.78 is 13.1. The molecule has 0 saturated carbocycles. The van der Waals surface area contributed by atoms with Crippen molar-refractivity contribution in [2.24, 2.45) is 5.92 Å². The van der Waals surface area contributed by atoms with Gasteiger partial charge in [0, 0.05) is 18.3 Å². The van der Waals surface area contributed by atoms with Gasteiger partial charge in [-0.05, 0) is 50.0 Å². The molecule has 0 radical (unpaired) electrons. The van der Waals surface area contributed by atoms with E-state index in [0.29, 0.717) is 6.04 Å². The van der Waals surface area contributed by atoms with E-state index >= 15 is 0 Å². The van der Waals surface area contributed by atoms with Crippen LogP contribution in [0.4, 0.5) is 10.1 Å². The van der Waals surface area contributed by atoms with Gasteiger partial charge in [-0.3, -0.25) is 0 Å². The molecule has 1 atom stereocenters. The van der Waals surface area contributed by atoms with Crippen molar-refractivity contribution >= 4 is 17.3 Å². The first-order chi connectivity index (χ1) is 8.22. The molecule has 2 nitrogen and oxygen atoms in total. The topological polar surface area (TPSA) is 15.3 Å². The lowest BCUT2D eigenvalue weighted by Gasteiger charge is -2.45. The average molecular weight is 255 g/mol. The Morgan fingerprint density at radius 1 is 1.29 bits per heavy atom. The van der Waals surface area contributed by atoms with Gasteiger partial charge in [0.05, 0.1) is 5.02 Å². The number of piperidine rings is 3. The first-order valence-electron chi connectivity index (χ1n) is 6.16. The molecule has 1 N–H and O–H groups in total. The van der Waals surface area contributed by atoms with E-state index in [4.69, 9.17) is 11.6 Å². The second kappa shape index (κ2) is 4.46. The Hall–Kier alpha value is -0.800. The molecule has 1 aromatic rings. The second-order valence-corrected chi connectivity index (χ2v) is 5.42. The normalized spacial score (nSPS) is 31.5. The molecular weight excluding hydrogens is 239 g/mol. The van der Waals surface area contributed by atoms with Gasteiger partial charge in [-0.15, -0.1) is 0 Å². The van der Waals surface area contributed by atoms with Crippen LogP contribution in [0.2, 0.25) is 5.02 Å². The van der Waals surface area contributed by atoms with E-state index in [9.17, 15) is 4.39 Å². The van der Waals surface area contributed by atoms with Gasteiger partial charge in [-0.25, -0.2) is 4.39 Å². The summed E-state index contributed by atoms with van der Waals surface area (Å²) in [5.41, 5.74) is 0.926. The highest BCUT2D eigenvalue weighted by molar-refractivity contribution is 6.31. The van der Waals surface area contributed by atoms with E-state index in [0.717, 1.165) is 18.2 Å². The van der Waals surface area contributed by atoms with E-state index in [1.807, 2.05) is 0 Å². The monoisotopic (exact) mass is 254 g/mol. The van der Waals surface area contributed by atoms with E-state index in [-0.39, 0.29) is 10.8 Å². The van der Waals surface area contributed by atoms with Crippen LogP contribution in [0, 0.1) is 11.7 Å². The molecule has 1 aromatic carbocycles. The van der Waals surface area contributed by atoms with E-state index < -0.39 is 0 Å². The number of nitrogens with one attached hydrogen (secondary N) is 1. The largest absolute Gasteiger partial charge is 0.381 e. The van der Waals surface area contributed by atoms with Crippen molar-refractivity contribution < 1.29 is 4.39 Å². The molecule has 92 valence electrons. The Bertz CT molecular complexity index is 416. The van der Waals surface area contributed by atoms with Crippen molar-refractivity contribution in [3.8, 4) is 0 Å². The number of fused-ring (bicyclic) bond motifs is 3. The molecule has 0 amide bonds. The summed E-state index contributed by atoms with van der Waals surface area (Å²) in [5, 5.41) is 3.68. The third kappa shape index (κ3) is 2.26. The van der Waals surface area contributed by atoms with Crippen LogP contribution in [0.15, 0.2) is 18.2 Å². The molecule has 3 aliphatic rings. The number of hydrogen-bond acceptors (Lipinski definition) is 2. The van der Waals surface area contributed by atoms with Crippen molar-refractivity contribution in [1.82, 2.24) is 4.90 Å². The maximum atomic E-state index is 13.1. The van der Waals surface area contributed by atoms with Crippen LogP contribution in [-0.2, 0) is 0 Å². The molecule has 3 saturated heterocycles. The van der Waals surface area contributed by atoms with Gasteiger partial charge >= 0.3 is 0 Å². The van der Waals surface area contributed by atoms with Gasteiger partial charge in [0.25, 0.3) is 0 Å². The Labute approximate surface area is 106 Å². The zero-order chi connectivity index (χ0) is 11.8. The lowest BCUT2D eigenvalue weighted by Crippen LogP contribution is -2.53. The Morgan fingerprint density at radius 3 is 2.65 bits per heavy atom. The molecule has 3 heterocycles. The highest BCUT2D eigenvalue weighted by atomic mass is 35.5. The van der Waals surface area contributed by atoms with Crippen LogP contribution >= 0.6 is 11.6 Å². The van der Waals surface area contributed by atoms with Gasteiger partial charge in [0.1, 0.15) is 5.82 Å². The van der Waals surface area contributed by atoms with E-state index in [1.54, 1.807) is 12.1 Å². The van der Waals surface area contributed by atoms with Gasteiger partial charge in [-0.2, -0.15) is 0 Å². The third-order valence-corrected chi connectivity index (χ3v) is 4.22. The molecule has 0 unspecified atom stereocenters. The van der Waals surface area contributed by atoms with Gasteiger partial charge in [-0.1, -0.05) is 11.6 Å². The van der Waals surface area contributed by atoms with Gasteiger partial charge in [0.2, 0.25) is 0 Å². The third-order valence-electron chi connectivity index (χ3n) is 3.93. The van der Waals surface area contributed by atoms with Crippen LogP contribution in [0.5, 0.6) is 0 Å². The Morgan fingerprint density at radius 2 is 2.06 bits per heavy atom. The minimum atomic E-state index is -0.355. The molecule has 3 aliphatic heterocycles. The van der Waals surface area contributed by atoms with Gasteiger partial charge < -0.3 is 10.2 Å². The number of halogens is 2. The van der Waals surface area contributed by atoms with Crippen LogP contribution in [-0.4, -0.2) is 30.6 Å². The molecule has 3 fully saturated rings. The minimum absolute atomic E-state index is 0.191. The van der Waals surface area contributed by atoms with Crippen LogP contribution in [0.25, 0.3) is 0 Å². The van der Waals surface area contributed by atoms with Crippen LogP contribution in [0.3, 0.4) is 0 Å². The lowest BCUT2D eigenvalue weighted by molar-refractivity contribution is 0.0975. The number of hydrogen-bond donors (Lipinski definition) is 1. The summed E-state index contributed by atoms with van der Waals surface area (Å²) in [5.74, 6) is 0.398. The molecule has 2 bridgehead atoms. The van der Waals surface area contributed by atoms with Crippen molar-refractivity contribution in [1.29, 1.82) is 0 Å². The molecule has 4 heteroatoms. The molecule has 17 heavy (non-hydrogen) atoms. The smallest absolute Gasteiger partial charge is 0.141 e. The summed E-state index contributed by atoms with van der Waals surface area (Å²) >= 11 is 5.79. The molecular formula is C13H16ClFN2. The quantitative estimate of drug-likeness (QED) is 0.873. The summed E-state index contributed by atoms with van der Waals surface area (Å²) in [6.45, 7) is 3.56. The predicted octanol–water partition coefficient (Wildman–Crippen LogP) is 2.99. The highest BCUT2D eigenvalue weighted by Gasteiger charge is 2.33. The molecule has 4 rings (SSSR count). The minimum Gasteiger partial charge on any atom is -0.381 e. The SMILES string of the molecule is Fc1ccc(N[C@H]2CN3CCC2CC3)cc1Cl. The Kier molecular flexibility index (Phi) is 2.97. The fraction of sp³-hybridized carbons (Fsp3) is 0.538. The number of rotatable bonds is 2. The van der Waals surface area contributed by atoms with Crippen molar-refractivity contribution in [3.63, 3.8) is 0 Å². The zero-order valence-corrected chi connectivity index (χ0v) is 10.4. The predicted molar refractivity (Wildman–Crippen MR) is 68.0 cm³/mol. The summed E-state index contributed by atoms with van der Waals surface area (Å²) in [6.07, 6.45) is 2.54. The number of anilines is 1. The fourth-order valence-electron chi connectivity index (χ4n) is 2.93. The number of benzene rings is 1. The maximum Gasteiger partial charge on any atom is 0.141 e. The highest BCUT2D eigenvalue weighted by Crippen LogP contribution is 2.30. The maximum absolute atomic E-state index is 13.1. The standard InChI is InChI=1S/C13H16ClFN2/c14-11-7-10(1-2-12(11)15)16-13-8-17-5-3-9(13)4-6-17/h1-2,7,9,13,16H,3-6,8H2/t13-/m0/s1. The summed E-state index contributed by atoms with van der Waals surface area (Å²) in [4.78, 5) is 2.49. The fourth-order valence-corrected chi connectivity index (χ4v) is 3.11. The second-order valence-electron chi connectivity index (χ2n) is 5.02. The zero-order valence-electron chi connectivity index (χ0n) is 9.63. The van der Waals surface area contributed by atoms with Gasteiger partial charge in [0.15, 0.2) is 0 Å². The summed E-state index contributed by atoms with van der Waals surface area (Å²) in [7, 11) is 0. The summed E-state index contributed by atoms with van der Waals surface area (Å²) in [6, 6.07) is 5.35.